The van der Waals surface area contributed by atoms with Crippen LogP contribution in [0.15, 0.2) is 21.1 Å². The lowest BCUT2D eigenvalue weighted by molar-refractivity contribution is 0.200. The van der Waals surface area contributed by atoms with E-state index in [-0.39, 0.29) is 13.2 Å². The molecular weight excluding hydrogens is 316 g/mol. The van der Waals surface area contributed by atoms with Gasteiger partial charge in [0.15, 0.2) is 0 Å². The highest BCUT2D eigenvalue weighted by Crippen LogP contribution is 2.35. The second kappa shape index (κ2) is 5.58. The van der Waals surface area contributed by atoms with Gasteiger partial charge in [0.2, 0.25) is 0 Å². The van der Waals surface area contributed by atoms with E-state index >= 15 is 0 Å². The fourth-order valence-corrected chi connectivity index (χ4v) is 1.85. The molecule has 0 saturated carbocycles. The van der Waals surface area contributed by atoms with Crippen molar-refractivity contribution in [2.75, 3.05) is 20.3 Å². The molecule has 78 valence electrons. The Balaban J connectivity index is 2.90. The van der Waals surface area contributed by atoms with Crippen molar-refractivity contribution in [2.45, 2.75) is 0 Å². The smallest absolute Gasteiger partial charge is 0.134 e. The van der Waals surface area contributed by atoms with Crippen LogP contribution in [0, 0.1) is 0 Å². The van der Waals surface area contributed by atoms with Crippen molar-refractivity contribution in [3.63, 3.8) is 0 Å². The zero-order valence-corrected chi connectivity index (χ0v) is 10.8. The van der Waals surface area contributed by atoms with Gasteiger partial charge in [0.05, 0.1) is 22.7 Å². The molecule has 0 radical (unpaired) electrons. The predicted molar refractivity (Wildman–Crippen MR) is 61.0 cm³/mol. The normalized spacial score (nSPS) is 10.0. The lowest BCUT2D eigenvalue weighted by Crippen LogP contribution is -2.02. The number of rotatable bonds is 4. The van der Waals surface area contributed by atoms with Crippen molar-refractivity contribution in [3.05, 3.63) is 21.1 Å². The molecule has 0 fully saturated rings. The summed E-state index contributed by atoms with van der Waals surface area (Å²) < 4.78 is 12.0. The maximum Gasteiger partial charge on any atom is 0.134 e. The summed E-state index contributed by atoms with van der Waals surface area (Å²) in [6.45, 7) is 0.271. The van der Waals surface area contributed by atoms with E-state index in [4.69, 9.17) is 14.6 Å². The molecule has 0 heterocycles. The van der Waals surface area contributed by atoms with E-state index in [1.165, 1.54) is 0 Å². The molecule has 14 heavy (non-hydrogen) atoms. The van der Waals surface area contributed by atoms with E-state index in [0.29, 0.717) is 5.75 Å². The van der Waals surface area contributed by atoms with E-state index in [0.717, 1.165) is 14.7 Å². The van der Waals surface area contributed by atoms with Crippen LogP contribution in [-0.4, -0.2) is 25.4 Å². The fourth-order valence-electron chi connectivity index (χ4n) is 0.933. The Morgan fingerprint density at radius 2 is 1.79 bits per heavy atom. The molecule has 0 atom stereocenters. The lowest BCUT2D eigenvalue weighted by Gasteiger charge is -2.09. The molecule has 0 aliphatic carbocycles. The van der Waals surface area contributed by atoms with E-state index in [2.05, 4.69) is 31.9 Å². The standard InChI is InChI=1S/C9H10Br2O3/c1-13-8-4-7(11)9(5-6(8)10)14-3-2-12/h4-5,12H,2-3H2,1H3. The maximum absolute atomic E-state index is 8.61. The Labute approximate surface area is 99.3 Å². The number of aliphatic hydroxyl groups excluding tert-OH is 1. The highest BCUT2D eigenvalue weighted by Gasteiger charge is 2.07. The largest absolute Gasteiger partial charge is 0.496 e. The second-order valence-electron chi connectivity index (χ2n) is 2.49. The Morgan fingerprint density at radius 3 is 2.36 bits per heavy atom. The first-order valence-electron chi connectivity index (χ1n) is 3.95. The summed E-state index contributed by atoms with van der Waals surface area (Å²) in [5.41, 5.74) is 0. The van der Waals surface area contributed by atoms with E-state index < -0.39 is 0 Å². The van der Waals surface area contributed by atoms with Crippen LogP contribution < -0.4 is 9.47 Å². The molecule has 0 saturated heterocycles. The third-order valence-electron chi connectivity index (χ3n) is 1.56. The van der Waals surface area contributed by atoms with Gasteiger partial charge in [-0.1, -0.05) is 0 Å². The summed E-state index contributed by atoms with van der Waals surface area (Å²) in [7, 11) is 1.60. The molecule has 3 nitrogen and oxygen atoms in total. The van der Waals surface area contributed by atoms with Gasteiger partial charge < -0.3 is 14.6 Å². The summed E-state index contributed by atoms with van der Waals surface area (Å²) in [5, 5.41) is 8.61. The Bertz CT molecular complexity index is 315. The topological polar surface area (TPSA) is 38.7 Å². The molecule has 1 rings (SSSR count). The molecule has 0 unspecified atom stereocenters. The van der Waals surface area contributed by atoms with Gasteiger partial charge in [-0.05, 0) is 44.0 Å². The SMILES string of the molecule is COc1cc(Br)c(OCCO)cc1Br. The molecule has 0 spiro atoms. The van der Waals surface area contributed by atoms with Crippen LogP contribution in [0.4, 0.5) is 0 Å². The summed E-state index contributed by atoms with van der Waals surface area (Å²) in [5.74, 6) is 1.40. The first-order valence-corrected chi connectivity index (χ1v) is 5.54. The predicted octanol–water partition coefficient (Wildman–Crippen LogP) is 2.59. The first kappa shape index (κ1) is 11.8. The van der Waals surface area contributed by atoms with Gasteiger partial charge in [-0.25, -0.2) is 0 Å². The number of aliphatic hydroxyl groups is 1. The number of ether oxygens (including phenoxy) is 2. The number of methoxy groups -OCH3 is 1. The Hall–Kier alpha value is -0.260. The van der Waals surface area contributed by atoms with E-state index in [9.17, 15) is 0 Å². The van der Waals surface area contributed by atoms with Crippen LogP contribution in [0.2, 0.25) is 0 Å². The molecule has 0 aliphatic rings. The minimum Gasteiger partial charge on any atom is -0.496 e. The molecule has 0 aliphatic heterocycles. The highest BCUT2D eigenvalue weighted by atomic mass is 79.9. The Morgan fingerprint density at radius 1 is 1.21 bits per heavy atom. The van der Waals surface area contributed by atoms with Gasteiger partial charge in [-0.3, -0.25) is 0 Å². The number of benzene rings is 1. The molecule has 0 bridgehead atoms. The van der Waals surface area contributed by atoms with Crippen molar-refractivity contribution in [2.24, 2.45) is 0 Å². The Kier molecular flexibility index (Phi) is 4.71. The van der Waals surface area contributed by atoms with Crippen LogP contribution in [0.1, 0.15) is 0 Å². The van der Waals surface area contributed by atoms with Crippen LogP contribution in [0.5, 0.6) is 11.5 Å². The summed E-state index contributed by atoms with van der Waals surface area (Å²) in [6.07, 6.45) is 0. The number of hydrogen-bond donors (Lipinski definition) is 1. The average molecular weight is 326 g/mol. The molecule has 0 aromatic heterocycles. The van der Waals surface area contributed by atoms with Crippen LogP contribution in [-0.2, 0) is 0 Å². The minimum absolute atomic E-state index is 0.00388. The fraction of sp³-hybridized carbons (Fsp3) is 0.333. The lowest BCUT2D eigenvalue weighted by atomic mass is 10.3. The van der Waals surface area contributed by atoms with Gasteiger partial charge in [0.25, 0.3) is 0 Å². The quantitative estimate of drug-likeness (QED) is 0.924. The van der Waals surface area contributed by atoms with E-state index in [1.807, 2.05) is 0 Å². The molecular formula is C9H10Br2O3. The summed E-state index contributed by atoms with van der Waals surface area (Å²) in [4.78, 5) is 0. The number of halogens is 2. The van der Waals surface area contributed by atoms with Gasteiger partial charge in [-0.2, -0.15) is 0 Å². The van der Waals surface area contributed by atoms with Crippen LogP contribution in [0.3, 0.4) is 0 Å². The van der Waals surface area contributed by atoms with Crippen molar-refractivity contribution in [1.29, 1.82) is 0 Å². The zero-order chi connectivity index (χ0) is 10.6. The van der Waals surface area contributed by atoms with Crippen molar-refractivity contribution < 1.29 is 14.6 Å². The molecule has 1 aromatic carbocycles. The van der Waals surface area contributed by atoms with Gasteiger partial charge in [0.1, 0.15) is 18.1 Å². The summed E-state index contributed by atoms with van der Waals surface area (Å²) >= 11 is 6.69. The average Bonchev–Trinajstić information content (AvgIpc) is 2.18. The zero-order valence-electron chi connectivity index (χ0n) is 7.59. The van der Waals surface area contributed by atoms with Crippen molar-refractivity contribution in [1.82, 2.24) is 0 Å². The van der Waals surface area contributed by atoms with Crippen LogP contribution in [0.25, 0.3) is 0 Å². The van der Waals surface area contributed by atoms with Crippen molar-refractivity contribution in [3.8, 4) is 11.5 Å². The monoisotopic (exact) mass is 324 g/mol. The minimum atomic E-state index is -0.00388. The van der Waals surface area contributed by atoms with Gasteiger partial charge in [-0.15, -0.1) is 0 Å². The van der Waals surface area contributed by atoms with Crippen LogP contribution >= 0.6 is 31.9 Å². The third-order valence-corrected chi connectivity index (χ3v) is 2.79. The third kappa shape index (κ3) is 2.87. The second-order valence-corrected chi connectivity index (χ2v) is 4.20. The highest BCUT2D eigenvalue weighted by molar-refractivity contribution is 9.11. The molecule has 1 N–H and O–H groups in total. The molecule has 0 amide bonds. The summed E-state index contributed by atoms with van der Waals surface area (Å²) in [6, 6.07) is 3.59. The maximum atomic E-state index is 8.61. The van der Waals surface area contributed by atoms with E-state index in [1.54, 1.807) is 19.2 Å². The van der Waals surface area contributed by atoms with Gasteiger partial charge >= 0.3 is 0 Å². The molecule has 1 aromatic rings. The first-order chi connectivity index (χ1) is 6.69. The molecule has 5 heteroatoms. The van der Waals surface area contributed by atoms with Crippen molar-refractivity contribution >= 4 is 31.9 Å². The number of hydrogen-bond acceptors (Lipinski definition) is 3. The van der Waals surface area contributed by atoms with Gasteiger partial charge in [0, 0.05) is 0 Å².